The third kappa shape index (κ3) is 2.68. The van der Waals surface area contributed by atoms with Gasteiger partial charge < -0.3 is 5.11 Å². The Bertz CT molecular complexity index is 491. The normalized spacial score (nSPS) is 13.1. The first kappa shape index (κ1) is 14.2. The summed E-state index contributed by atoms with van der Waals surface area (Å²) in [6.07, 6.45) is 0. The fraction of sp³-hybridized carbons (Fsp3) is 0.222. The summed E-state index contributed by atoms with van der Waals surface area (Å²) >= 11 is 0. The second-order valence-corrected chi connectivity index (χ2v) is 3.61. The highest BCUT2D eigenvalue weighted by atomic mass is 16.7. The molecule has 0 aliphatic heterocycles. The third-order valence-corrected chi connectivity index (χ3v) is 2.35. The number of hydrogen-bond donors (Lipinski definition) is 2. The lowest BCUT2D eigenvalue weighted by molar-refractivity contribution is -0.742. The molecule has 0 amide bonds. The zero-order valence-electron chi connectivity index (χ0n) is 9.72. The van der Waals surface area contributed by atoms with Crippen molar-refractivity contribution in [3.05, 3.63) is 50.6 Å². The summed E-state index contributed by atoms with van der Waals surface area (Å²) in [6, 6.07) is 7.50. The molecule has 0 aliphatic carbocycles. The number of para-hydroxylation sites is 1. The molecule has 0 spiro atoms. The molecule has 1 atom stereocenters. The first-order valence-corrected chi connectivity index (χ1v) is 4.94. The molecule has 10 heteroatoms. The van der Waals surface area contributed by atoms with Crippen LogP contribution in [0.5, 0.6) is 0 Å². The van der Waals surface area contributed by atoms with Crippen LogP contribution in [0, 0.1) is 20.2 Å². The number of benzene rings is 1. The minimum atomic E-state index is -2.95. The molecule has 0 radical (unpaired) electrons. The van der Waals surface area contributed by atoms with Gasteiger partial charge in [0.05, 0.1) is 15.7 Å². The van der Waals surface area contributed by atoms with Gasteiger partial charge in [0, 0.05) is 6.92 Å². The van der Waals surface area contributed by atoms with Crippen molar-refractivity contribution in [2.24, 2.45) is 0 Å². The lowest BCUT2D eigenvalue weighted by atomic mass is 10.2. The molecule has 102 valence electrons. The summed E-state index contributed by atoms with van der Waals surface area (Å²) < 4.78 is 0. The minimum Gasteiger partial charge on any atom is -0.474 e. The van der Waals surface area contributed by atoms with Crippen LogP contribution in [0.25, 0.3) is 0 Å². The van der Waals surface area contributed by atoms with Crippen LogP contribution < -0.4 is 5.43 Å². The number of carboxylic acid groups (broad SMARTS) is 1. The molecule has 19 heavy (non-hydrogen) atoms. The fourth-order valence-electron chi connectivity index (χ4n) is 1.19. The number of nitro groups is 2. The van der Waals surface area contributed by atoms with Gasteiger partial charge in [-0.15, -0.1) is 0 Å². The molecule has 0 heterocycles. The topological polar surface area (TPSA) is 139 Å². The Morgan fingerprint density at radius 3 is 2.21 bits per heavy atom. The van der Waals surface area contributed by atoms with E-state index < -0.39 is 21.6 Å². The molecule has 10 nitrogen and oxygen atoms in total. The number of carboxylic acids is 1. The monoisotopic (exact) mass is 270 g/mol. The van der Waals surface area contributed by atoms with Crippen molar-refractivity contribution in [1.82, 2.24) is 5.12 Å². The van der Waals surface area contributed by atoms with Gasteiger partial charge in [-0.1, -0.05) is 18.2 Å². The van der Waals surface area contributed by atoms with Crippen LogP contribution in [0.1, 0.15) is 6.92 Å². The fourth-order valence-corrected chi connectivity index (χ4v) is 1.19. The Hall–Kier alpha value is -2.91. The first-order valence-electron chi connectivity index (χ1n) is 4.94. The van der Waals surface area contributed by atoms with Gasteiger partial charge in [0.15, 0.2) is 5.03 Å². The van der Waals surface area contributed by atoms with Crippen LogP contribution >= 0.6 is 0 Å². The third-order valence-electron chi connectivity index (χ3n) is 2.35. The van der Waals surface area contributed by atoms with Gasteiger partial charge >= 0.3 is 11.6 Å². The number of anilines is 1. The van der Waals surface area contributed by atoms with E-state index in [0.717, 1.165) is 0 Å². The van der Waals surface area contributed by atoms with E-state index in [1.165, 1.54) is 24.3 Å². The lowest BCUT2D eigenvalue weighted by Crippen LogP contribution is -2.62. The molecule has 0 saturated heterocycles. The van der Waals surface area contributed by atoms with Gasteiger partial charge in [-0.05, 0) is 12.1 Å². The van der Waals surface area contributed by atoms with E-state index in [1.54, 1.807) is 6.07 Å². The van der Waals surface area contributed by atoms with Gasteiger partial charge in [0.1, 0.15) is 0 Å². The van der Waals surface area contributed by atoms with Crippen molar-refractivity contribution in [3.8, 4) is 0 Å². The predicted octanol–water partition coefficient (Wildman–Crippen LogP) is 0.585. The smallest absolute Gasteiger partial charge is 0.457 e. The van der Waals surface area contributed by atoms with Crippen molar-refractivity contribution in [2.75, 3.05) is 5.43 Å². The number of hydrazine groups is 2. The molecule has 1 rings (SSSR count). The van der Waals surface area contributed by atoms with Gasteiger partial charge in [-0.2, -0.15) is 0 Å². The van der Waals surface area contributed by atoms with Crippen molar-refractivity contribution >= 4 is 11.7 Å². The molecule has 0 aliphatic rings. The molecule has 0 saturated carbocycles. The Morgan fingerprint density at radius 1 is 1.32 bits per heavy atom. The highest BCUT2D eigenvalue weighted by molar-refractivity contribution is 5.76. The number of hydrogen-bond acceptors (Lipinski definition) is 6. The van der Waals surface area contributed by atoms with Crippen LogP contribution in [-0.2, 0) is 4.79 Å². The maximum atomic E-state index is 11.0. The summed E-state index contributed by atoms with van der Waals surface area (Å²) in [5.41, 5.74) is -0.705. The van der Waals surface area contributed by atoms with E-state index in [0.29, 0.717) is 6.92 Å². The minimum absolute atomic E-state index is 0.147. The van der Waals surface area contributed by atoms with E-state index in [9.17, 15) is 25.0 Å². The Morgan fingerprint density at radius 2 is 1.84 bits per heavy atom. The van der Waals surface area contributed by atoms with E-state index in [2.05, 4.69) is 5.43 Å². The highest BCUT2D eigenvalue weighted by Crippen LogP contribution is 2.18. The summed E-state index contributed by atoms with van der Waals surface area (Å²) in [6.45, 7) is 0.619. The van der Waals surface area contributed by atoms with Crippen molar-refractivity contribution in [1.29, 1.82) is 0 Å². The second kappa shape index (κ2) is 5.16. The van der Waals surface area contributed by atoms with E-state index in [1.807, 2.05) is 0 Å². The standard InChI is InChI=1S/C9H10N4O6/c1-9(8(14)15,12(16)17)11(13(18)19)10-7-5-3-2-4-6-7/h2-6,10H,1H3,(H,14,15)/t9-/m1/s1. The van der Waals surface area contributed by atoms with E-state index in [4.69, 9.17) is 5.11 Å². The van der Waals surface area contributed by atoms with E-state index in [-0.39, 0.29) is 10.8 Å². The van der Waals surface area contributed by atoms with Crippen LogP contribution in [-0.4, -0.2) is 31.8 Å². The number of carbonyl (C=O) groups is 1. The second-order valence-electron chi connectivity index (χ2n) is 3.61. The summed E-state index contributed by atoms with van der Waals surface area (Å²) in [7, 11) is 0. The Labute approximate surface area is 106 Å². The maximum Gasteiger partial charge on any atom is 0.457 e. The molecule has 2 N–H and O–H groups in total. The van der Waals surface area contributed by atoms with Gasteiger partial charge in [0.25, 0.3) is 0 Å². The van der Waals surface area contributed by atoms with Crippen LogP contribution in [0.2, 0.25) is 0 Å². The summed E-state index contributed by atoms with van der Waals surface area (Å²) in [5.74, 6) is -1.96. The van der Waals surface area contributed by atoms with Gasteiger partial charge in [-0.3, -0.25) is 10.1 Å². The van der Waals surface area contributed by atoms with Crippen molar-refractivity contribution < 1.29 is 19.9 Å². The molecule has 0 bridgehead atoms. The van der Waals surface area contributed by atoms with Gasteiger partial charge in [-0.25, -0.2) is 20.3 Å². The van der Waals surface area contributed by atoms with Gasteiger partial charge in [0.2, 0.25) is 0 Å². The molecule has 0 fully saturated rings. The first-order chi connectivity index (χ1) is 8.80. The quantitative estimate of drug-likeness (QED) is 0.434. The largest absolute Gasteiger partial charge is 0.474 e. The number of nitrogens with one attached hydrogen (secondary N) is 1. The molecular formula is C9H10N4O6. The lowest BCUT2D eigenvalue weighted by Gasteiger charge is -2.23. The Balaban J connectivity index is 3.17. The molecular weight excluding hydrogens is 260 g/mol. The summed E-state index contributed by atoms with van der Waals surface area (Å²) in [5, 5.41) is 29.2. The highest BCUT2D eigenvalue weighted by Gasteiger charge is 2.60. The SMILES string of the molecule is C[C@@](C(=O)O)(N(Nc1ccccc1)[N+](=O)[O-])[N+](=O)[O-]. The van der Waals surface area contributed by atoms with Crippen LogP contribution in [0.3, 0.4) is 0 Å². The Kier molecular flexibility index (Phi) is 3.85. The number of nitrogens with zero attached hydrogens (tertiary/aromatic N) is 3. The average Bonchev–Trinajstić information content (AvgIpc) is 2.35. The van der Waals surface area contributed by atoms with Crippen LogP contribution in [0.4, 0.5) is 5.69 Å². The number of aliphatic carboxylic acids is 1. The van der Waals surface area contributed by atoms with Crippen molar-refractivity contribution in [2.45, 2.75) is 12.6 Å². The van der Waals surface area contributed by atoms with Crippen molar-refractivity contribution in [3.63, 3.8) is 0 Å². The molecule has 0 aromatic heterocycles. The average molecular weight is 270 g/mol. The predicted molar refractivity (Wildman–Crippen MR) is 61.9 cm³/mol. The van der Waals surface area contributed by atoms with E-state index >= 15 is 0 Å². The molecule has 1 aromatic carbocycles. The molecule has 0 unspecified atom stereocenters. The summed E-state index contributed by atoms with van der Waals surface area (Å²) in [4.78, 5) is 31.4. The van der Waals surface area contributed by atoms with Crippen LogP contribution in [0.15, 0.2) is 30.3 Å². The maximum absolute atomic E-state index is 11.0. The molecule has 1 aromatic rings. The zero-order valence-corrected chi connectivity index (χ0v) is 9.72. The zero-order chi connectivity index (χ0) is 14.6. The number of rotatable bonds is 6.